The van der Waals surface area contributed by atoms with Crippen LogP contribution in [0.25, 0.3) is 5.69 Å². The normalized spacial score (nSPS) is 10.4. The van der Waals surface area contributed by atoms with Gasteiger partial charge in [0.15, 0.2) is 0 Å². The van der Waals surface area contributed by atoms with Crippen molar-refractivity contribution in [2.75, 3.05) is 5.32 Å². The van der Waals surface area contributed by atoms with Gasteiger partial charge < -0.3 is 5.32 Å². The predicted octanol–water partition coefficient (Wildman–Crippen LogP) is 3.23. The largest absolute Gasteiger partial charge is 0.322 e. The number of aromatic nitrogens is 4. The Labute approximate surface area is 135 Å². The Balaban J connectivity index is 1.84. The average molecular weight is 332 g/mol. The molecule has 22 heavy (non-hydrogen) atoms. The molecule has 0 bridgehead atoms. The van der Waals surface area contributed by atoms with E-state index in [2.05, 4.69) is 20.8 Å². The number of nitrogens with one attached hydrogen (secondary N) is 2. The minimum atomic E-state index is -0.222. The fraction of sp³-hybridized carbons (Fsp3) is 0. The molecule has 0 aliphatic rings. The molecule has 3 aromatic rings. The summed E-state index contributed by atoms with van der Waals surface area (Å²) in [6.07, 6.45) is 0. The number of H-pyrrole nitrogens is 1. The van der Waals surface area contributed by atoms with E-state index in [-0.39, 0.29) is 5.91 Å². The van der Waals surface area contributed by atoms with Crippen molar-refractivity contribution >= 4 is 35.4 Å². The van der Waals surface area contributed by atoms with Crippen LogP contribution in [0.1, 0.15) is 10.4 Å². The number of amides is 1. The van der Waals surface area contributed by atoms with Crippen molar-refractivity contribution in [1.82, 2.24) is 20.2 Å². The molecule has 3 rings (SSSR count). The lowest BCUT2D eigenvalue weighted by Gasteiger charge is -2.07. The first-order valence-corrected chi connectivity index (χ1v) is 7.09. The Morgan fingerprint density at radius 3 is 2.68 bits per heavy atom. The van der Waals surface area contributed by atoms with Gasteiger partial charge in [-0.3, -0.25) is 4.79 Å². The van der Waals surface area contributed by atoms with Crippen LogP contribution in [-0.2, 0) is 0 Å². The van der Waals surface area contributed by atoms with Gasteiger partial charge in [0.25, 0.3) is 5.91 Å². The van der Waals surface area contributed by atoms with Crippen LogP contribution in [0.2, 0.25) is 5.02 Å². The van der Waals surface area contributed by atoms with Gasteiger partial charge in [0, 0.05) is 16.3 Å². The van der Waals surface area contributed by atoms with Gasteiger partial charge in [0.05, 0.1) is 5.69 Å². The molecule has 0 spiro atoms. The van der Waals surface area contributed by atoms with Crippen LogP contribution in [-0.4, -0.2) is 26.1 Å². The van der Waals surface area contributed by atoms with Crippen LogP contribution in [0, 0.1) is 4.77 Å². The Hall–Kier alpha value is -2.51. The number of rotatable bonds is 3. The molecule has 0 unspecified atom stereocenters. The zero-order chi connectivity index (χ0) is 15.5. The number of carbonyl (C=O) groups is 1. The monoisotopic (exact) mass is 331 g/mol. The standard InChI is InChI=1S/C14H10ClN5OS/c15-10-6-4-9(5-7-10)13(21)16-11-2-1-3-12(8-11)20-14(22)17-18-19-20/h1-8H,(H,16,21)(H,17,19,22). The third-order valence-corrected chi connectivity index (χ3v) is 3.46. The molecular formula is C14H10ClN5OS. The van der Waals surface area contributed by atoms with E-state index in [1.54, 1.807) is 42.5 Å². The minimum absolute atomic E-state index is 0.222. The highest BCUT2D eigenvalue weighted by Crippen LogP contribution is 2.16. The molecule has 0 saturated carbocycles. The summed E-state index contributed by atoms with van der Waals surface area (Å²) in [5, 5.41) is 13.4. The molecule has 110 valence electrons. The van der Waals surface area contributed by atoms with E-state index in [9.17, 15) is 4.79 Å². The van der Waals surface area contributed by atoms with Crippen molar-refractivity contribution in [3.8, 4) is 5.69 Å². The van der Waals surface area contributed by atoms with E-state index in [4.69, 9.17) is 23.8 Å². The molecule has 1 aromatic heterocycles. The molecule has 1 heterocycles. The van der Waals surface area contributed by atoms with E-state index in [1.165, 1.54) is 4.68 Å². The summed E-state index contributed by atoms with van der Waals surface area (Å²) in [6, 6.07) is 13.8. The van der Waals surface area contributed by atoms with Crippen molar-refractivity contribution < 1.29 is 4.79 Å². The zero-order valence-corrected chi connectivity index (χ0v) is 12.7. The maximum absolute atomic E-state index is 12.2. The summed E-state index contributed by atoms with van der Waals surface area (Å²) in [5.41, 5.74) is 1.88. The molecule has 0 aliphatic carbocycles. The number of anilines is 1. The number of tetrazole rings is 1. The summed E-state index contributed by atoms with van der Waals surface area (Å²) in [5.74, 6) is -0.222. The number of benzene rings is 2. The molecule has 0 aliphatic heterocycles. The van der Waals surface area contributed by atoms with Crippen molar-refractivity contribution in [3.63, 3.8) is 0 Å². The van der Waals surface area contributed by atoms with Crippen molar-refractivity contribution in [3.05, 3.63) is 63.9 Å². The Morgan fingerprint density at radius 2 is 2.00 bits per heavy atom. The summed E-state index contributed by atoms with van der Waals surface area (Å²) in [6.45, 7) is 0. The second-order valence-corrected chi connectivity index (χ2v) is 5.23. The van der Waals surface area contributed by atoms with Crippen LogP contribution < -0.4 is 5.32 Å². The van der Waals surface area contributed by atoms with Gasteiger partial charge >= 0.3 is 0 Å². The summed E-state index contributed by atoms with van der Waals surface area (Å²) >= 11 is 10.9. The van der Waals surface area contributed by atoms with Gasteiger partial charge in [-0.15, -0.1) is 0 Å². The molecule has 0 fully saturated rings. The number of hydrogen-bond donors (Lipinski definition) is 2. The molecule has 1 amide bonds. The van der Waals surface area contributed by atoms with Gasteiger partial charge in [-0.2, -0.15) is 5.21 Å². The quantitative estimate of drug-likeness (QED) is 0.722. The van der Waals surface area contributed by atoms with E-state index in [0.29, 0.717) is 21.0 Å². The highest BCUT2D eigenvalue weighted by atomic mass is 35.5. The third-order valence-electron chi connectivity index (χ3n) is 2.94. The molecule has 0 atom stereocenters. The number of hydrogen-bond acceptors (Lipinski definition) is 4. The lowest BCUT2D eigenvalue weighted by Crippen LogP contribution is -2.12. The lowest BCUT2D eigenvalue weighted by molar-refractivity contribution is 0.102. The SMILES string of the molecule is O=C(Nc1cccc(-n2[nH]nnc2=S)c1)c1ccc(Cl)cc1. The molecule has 2 N–H and O–H groups in total. The van der Waals surface area contributed by atoms with Gasteiger partial charge in [-0.1, -0.05) is 28.0 Å². The fourth-order valence-electron chi connectivity index (χ4n) is 1.89. The first-order valence-electron chi connectivity index (χ1n) is 6.31. The summed E-state index contributed by atoms with van der Waals surface area (Å²) in [7, 11) is 0. The fourth-order valence-corrected chi connectivity index (χ4v) is 2.21. The van der Waals surface area contributed by atoms with Crippen LogP contribution in [0.4, 0.5) is 5.69 Å². The Bertz CT molecular complexity index is 871. The van der Waals surface area contributed by atoms with Crippen LogP contribution in [0.5, 0.6) is 0 Å². The first-order chi connectivity index (χ1) is 10.6. The number of halogens is 1. The van der Waals surface area contributed by atoms with Crippen LogP contribution in [0.3, 0.4) is 0 Å². The van der Waals surface area contributed by atoms with Gasteiger partial charge in [-0.25, -0.2) is 4.68 Å². The summed E-state index contributed by atoms with van der Waals surface area (Å²) < 4.78 is 1.84. The smallest absolute Gasteiger partial charge is 0.255 e. The third kappa shape index (κ3) is 3.05. The Kier molecular flexibility index (Phi) is 3.99. The topological polar surface area (TPSA) is 75.6 Å². The van der Waals surface area contributed by atoms with E-state index >= 15 is 0 Å². The second-order valence-electron chi connectivity index (χ2n) is 4.43. The van der Waals surface area contributed by atoms with Crippen molar-refractivity contribution in [2.24, 2.45) is 0 Å². The molecule has 2 aromatic carbocycles. The van der Waals surface area contributed by atoms with Gasteiger partial charge in [-0.05, 0) is 54.7 Å². The molecule has 8 heteroatoms. The maximum atomic E-state index is 12.2. The van der Waals surface area contributed by atoms with Crippen molar-refractivity contribution in [2.45, 2.75) is 0 Å². The van der Waals surface area contributed by atoms with Gasteiger partial charge in [0.2, 0.25) is 4.77 Å². The predicted molar refractivity (Wildman–Crippen MR) is 85.9 cm³/mol. The van der Waals surface area contributed by atoms with E-state index in [0.717, 1.165) is 5.69 Å². The molecule has 0 radical (unpaired) electrons. The van der Waals surface area contributed by atoms with Crippen LogP contribution >= 0.6 is 23.8 Å². The molecule has 0 saturated heterocycles. The number of carbonyl (C=O) groups excluding carboxylic acids is 1. The van der Waals surface area contributed by atoms with Gasteiger partial charge in [0.1, 0.15) is 0 Å². The number of aromatic amines is 1. The average Bonchev–Trinajstić information content (AvgIpc) is 2.94. The zero-order valence-electron chi connectivity index (χ0n) is 11.2. The first kappa shape index (κ1) is 14.4. The second kappa shape index (κ2) is 6.08. The number of nitrogens with zero attached hydrogens (tertiary/aromatic N) is 3. The maximum Gasteiger partial charge on any atom is 0.255 e. The lowest BCUT2D eigenvalue weighted by atomic mass is 10.2. The van der Waals surface area contributed by atoms with Crippen LogP contribution in [0.15, 0.2) is 48.5 Å². The Morgan fingerprint density at radius 1 is 1.23 bits per heavy atom. The highest BCUT2D eigenvalue weighted by Gasteiger charge is 2.07. The molecular weight excluding hydrogens is 322 g/mol. The van der Waals surface area contributed by atoms with E-state index < -0.39 is 0 Å². The van der Waals surface area contributed by atoms with E-state index in [1.807, 2.05) is 6.07 Å². The minimum Gasteiger partial charge on any atom is -0.322 e. The molecule has 6 nitrogen and oxygen atoms in total. The van der Waals surface area contributed by atoms with Crippen molar-refractivity contribution in [1.29, 1.82) is 0 Å². The highest BCUT2D eigenvalue weighted by molar-refractivity contribution is 7.71. The summed E-state index contributed by atoms with van der Waals surface area (Å²) in [4.78, 5) is 12.2.